The van der Waals surface area contributed by atoms with Crippen molar-refractivity contribution < 1.29 is 9.90 Å². The van der Waals surface area contributed by atoms with Crippen LogP contribution < -0.4 is 4.90 Å². The van der Waals surface area contributed by atoms with Crippen LogP contribution in [0, 0.1) is 6.92 Å². The summed E-state index contributed by atoms with van der Waals surface area (Å²) in [6, 6.07) is 6.51. The summed E-state index contributed by atoms with van der Waals surface area (Å²) in [5.41, 5.74) is 1.91. The molecular formula is C15H15ClN2O2. The molecule has 1 aromatic heterocycles. The Balaban J connectivity index is 2.45. The SMILES string of the molecule is CCN(C(=O)c1cnccc1Cl)c1cc(O)ccc1C. The van der Waals surface area contributed by atoms with Crippen LogP contribution in [0.4, 0.5) is 5.69 Å². The van der Waals surface area contributed by atoms with Crippen molar-refractivity contribution in [3.05, 3.63) is 52.8 Å². The van der Waals surface area contributed by atoms with Gasteiger partial charge in [-0.3, -0.25) is 9.78 Å². The highest BCUT2D eigenvalue weighted by molar-refractivity contribution is 6.34. The van der Waals surface area contributed by atoms with Crippen molar-refractivity contribution in [2.75, 3.05) is 11.4 Å². The Morgan fingerprint density at radius 2 is 2.15 bits per heavy atom. The fourth-order valence-electron chi connectivity index (χ4n) is 1.99. The molecule has 1 amide bonds. The molecule has 2 rings (SSSR count). The van der Waals surface area contributed by atoms with E-state index < -0.39 is 0 Å². The fourth-order valence-corrected chi connectivity index (χ4v) is 2.18. The lowest BCUT2D eigenvalue weighted by molar-refractivity contribution is 0.0988. The quantitative estimate of drug-likeness (QED) is 0.942. The Morgan fingerprint density at radius 1 is 1.40 bits per heavy atom. The van der Waals surface area contributed by atoms with E-state index in [2.05, 4.69) is 4.98 Å². The molecule has 1 aromatic carbocycles. The number of anilines is 1. The Bertz CT molecular complexity index is 644. The summed E-state index contributed by atoms with van der Waals surface area (Å²) in [6.07, 6.45) is 2.99. The maximum absolute atomic E-state index is 12.6. The number of aromatic nitrogens is 1. The zero-order chi connectivity index (χ0) is 14.7. The minimum Gasteiger partial charge on any atom is -0.508 e. The summed E-state index contributed by atoms with van der Waals surface area (Å²) in [5.74, 6) is -0.117. The Hall–Kier alpha value is -2.07. The van der Waals surface area contributed by atoms with E-state index in [0.717, 1.165) is 5.56 Å². The second-order valence-electron chi connectivity index (χ2n) is 4.38. The molecule has 0 atom stereocenters. The monoisotopic (exact) mass is 290 g/mol. The molecule has 0 spiro atoms. The third kappa shape index (κ3) is 2.75. The zero-order valence-electron chi connectivity index (χ0n) is 11.3. The fraction of sp³-hybridized carbons (Fsp3) is 0.200. The lowest BCUT2D eigenvalue weighted by Crippen LogP contribution is -2.31. The number of phenolic OH excluding ortho intramolecular Hbond substituents is 1. The maximum atomic E-state index is 12.6. The third-order valence-corrected chi connectivity index (χ3v) is 3.37. The van der Waals surface area contributed by atoms with E-state index in [4.69, 9.17) is 11.6 Å². The topological polar surface area (TPSA) is 53.4 Å². The lowest BCUT2D eigenvalue weighted by Gasteiger charge is -2.23. The first kappa shape index (κ1) is 14.3. The second-order valence-corrected chi connectivity index (χ2v) is 4.78. The van der Waals surface area contributed by atoms with Gasteiger partial charge in [-0.1, -0.05) is 17.7 Å². The number of phenols is 1. The van der Waals surface area contributed by atoms with Crippen molar-refractivity contribution in [3.8, 4) is 5.75 Å². The number of pyridine rings is 1. The first-order chi connectivity index (χ1) is 9.54. The number of aromatic hydroxyl groups is 1. The van der Waals surface area contributed by atoms with Gasteiger partial charge < -0.3 is 10.0 Å². The normalized spacial score (nSPS) is 10.3. The average molecular weight is 291 g/mol. The van der Waals surface area contributed by atoms with E-state index in [0.29, 0.717) is 22.8 Å². The van der Waals surface area contributed by atoms with Gasteiger partial charge in [0.1, 0.15) is 5.75 Å². The van der Waals surface area contributed by atoms with Crippen LogP contribution in [0.3, 0.4) is 0 Å². The molecule has 104 valence electrons. The van der Waals surface area contributed by atoms with Crippen LogP contribution in [0.25, 0.3) is 0 Å². The van der Waals surface area contributed by atoms with Gasteiger partial charge in [-0.2, -0.15) is 0 Å². The number of carbonyl (C=O) groups is 1. The van der Waals surface area contributed by atoms with Gasteiger partial charge >= 0.3 is 0 Å². The number of aryl methyl sites for hydroxylation is 1. The van der Waals surface area contributed by atoms with E-state index >= 15 is 0 Å². The molecule has 1 N–H and O–H groups in total. The van der Waals surface area contributed by atoms with Gasteiger partial charge in [0.25, 0.3) is 5.91 Å². The highest BCUT2D eigenvalue weighted by Crippen LogP contribution is 2.27. The van der Waals surface area contributed by atoms with Crippen LogP contribution in [0.1, 0.15) is 22.8 Å². The predicted octanol–water partition coefficient (Wildman–Crippen LogP) is 3.42. The molecule has 0 unspecified atom stereocenters. The number of hydrogen-bond acceptors (Lipinski definition) is 3. The van der Waals surface area contributed by atoms with Crippen molar-refractivity contribution in [1.82, 2.24) is 4.98 Å². The van der Waals surface area contributed by atoms with Crippen LogP contribution in [0.15, 0.2) is 36.7 Å². The smallest absolute Gasteiger partial charge is 0.261 e. The Labute approximate surface area is 122 Å². The number of hydrogen-bond donors (Lipinski definition) is 1. The molecule has 0 aliphatic carbocycles. The largest absolute Gasteiger partial charge is 0.508 e. The second kappa shape index (κ2) is 5.92. The Morgan fingerprint density at radius 3 is 2.80 bits per heavy atom. The number of benzene rings is 1. The van der Waals surface area contributed by atoms with E-state index in [-0.39, 0.29) is 11.7 Å². The minimum absolute atomic E-state index is 0.120. The highest BCUT2D eigenvalue weighted by atomic mass is 35.5. The number of amides is 1. The molecule has 0 saturated heterocycles. The highest BCUT2D eigenvalue weighted by Gasteiger charge is 2.20. The molecule has 1 heterocycles. The van der Waals surface area contributed by atoms with Crippen molar-refractivity contribution in [1.29, 1.82) is 0 Å². The van der Waals surface area contributed by atoms with Gasteiger partial charge in [0.15, 0.2) is 0 Å². The number of halogens is 1. The molecule has 0 bridgehead atoms. The van der Waals surface area contributed by atoms with Crippen LogP contribution in [0.5, 0.6) is 5.75 Å². The van der Waals surface area contributed by atoms with Gasteiger partial charge in [0.05, 0.1) is 16.3 Å². The number of rotatable bonds is 3. The van der Waals surface area contributed by atoms with Crippen LogP contribution >= 0.6 is 11.6 Å². The molecule has 0 aliphatic rings. The number of carbonyl (C=O) groups excluding carboxylic acids is 1. The molecule has 4 nitrogen and oxygen atoms in total. The molecule has 2 aromatic rings. The molecule has 0 saturated carbocycles. The summed E-state index contributed by atoms with van der Waals surface area (Å²) in [6.45, 7) is 4.22. The van der Waals surface area contributed by atoms with Crippen molar-refractivity contribution >= 4 is 23.2 Å². The zero-order valence-corrected chi connectivity index (χ0v) is 12.1. The average Bonchev–Trinajstić information content (AvgIpc) is 2.44. The predicted molar refractivity (Wildman–Crippen MR) is 79.4 cm³/mol. The lowest BCUT2D eigenvalue weighted by atomic mass is 10.1. The molecular weight excluding hydrogens is 276 g/mol. The van der Waals surface area contributed by atoms with Crippen LogP contribution in [-0.4, -0.2) is 22.5 Å². The van der Waals surface area contributed by atoms with E-state index in [1.54, 1.807) is 29.2 Å². The van der Waals surface area contributed by atoms with Gasteiger partial charge in [-0.05, 0) is 31.5 Å². The van der Waals surface area contributed by atoms with Crippen molar-refractivity contribution in [2.45, 2.75) is 13.8 Å². The molecule has 20 heavy (non-hydrogen) atoms. The summed E-state index contributed by atoms with van der Waals surface area (Å²) in [5, 5.41) is 9.97. The van der Waals surface area contributed by atoms with Crippen LogP contribution in [0.2, 0.25) is 5.02 Å². The van der Waals surface area contributed by atoms with E-state index in [1.165, 1.54) is 12.4 Å². The molecule has 0 fully saturated rings. The Kier molecular flexibility index (Phi) is 4.25. The van der Waals surface area contributed by atoms with Gasteiger partial charge in [0, 0.05) is 25.0 Å². The first-order valence-corrected chi connectivity index (χ1v) is 6.63. The maximum Gasteiger partial charge on any atom is 0.261 e. The standard InChI is InChI=1S/C15H15ClN2O2/c1-3-18(14-8-11(19)5-4-10(14)2)15(20)12-9-17-7-6-13(12)16/h4-9,19H,3H2,1-2H3. The van der Waals surface area contributed by atoms with Gasteiger partial charge in [-0.15, -0.1) is 0 Å². The van der Waals surface area contributed by atoms with Crippen molar-refractivity contribution in [2.24, 2.45) is 0 Å². The summed E-state index contributed by atoms with van der Waals surface area (Å²) in [4.78, 5) is 18.1. The van der Waals surface area contributed by atoms with E-state index in [9.17, 15) is 9.90 Å². The molecule has 0 aliphatic heterocycles. The number of nitrogens with zero attached hydrogens (tertiary/aromatic N) is 2. The summed E-state index contributed by atoms with van der Waals surface area (Å²) >= 11 is 6.04. The molecule has 0 radical (unpaired) electrons. The third-order valence-electron chi connectivity index (χ3n) is 3.04. The van der Waals surface area contributed by atoms with Gasteiger partial charge in [-0.25, -0.2) is 0 Å². The van der Waals surface area contributed by atoms with Crippen molar-refractivity contribution in [3.63, 3.8) is 0 Å². The van der Waals surface area contributed by atoms with Gasteiger partial charge in [0.2, 0.25) is 0 Å². The first-order valence-electron chi connectivity index (χ1n) is 6.25. The summed E-state index contributed by atoms with van der Waals surface area (Å²) in [7, 11) is 0. The summed E-state index contributed by atoms with van der Waals surface area (Å²) < 4.78 is 0. The van der Waals surface area contributed by atoms with E-state index in [1.807, 2.05) is 13.8 Å². The molecule has 5 heteroatoms. The minimum atomic E-state index is -0.237. The van der Waals surface area contributed by atoms with Crippen LogP contribution in [-0.2, 0) is 0 Å².